The number of allylic oxidation sites excluding steroid dienone is 9. The molecular weight excluding hydrogens is 627 g/mol. The molecule has 0 bridgehead atoms. The summed E-state index contributed by atoms with van der Waals surface area (Å²) >= 11 is 0. The van der Waals surface area contributed by atoms with Crippen molar-refractivity contribution in [3.05, 3.63) is 144 Å². The van der Waals surface area contributed by atoms with Gasteiger partial charge in [0.2, 0.25) is 0 Å². The summed E-state index contributed by atoms with van der Waals surface area (Å²) in [6.07, 6.45) is 22.5. The summed E-state index contributed by atoms with van der Waals surface area (Å²) in [4.78, 5) is 15.7. The summed E-state index contributed by atoms with van der Waals surface area (Å²) in [5, 5.41) is 3.16. The molecule has 3 aliphatic rings. The van der Waals surface area contributed by atoms with Crippen LogP contribution in [0, 0.1) is 0 Å². The van der Waals surface area contributed by atoms with Crippen molar-refractivity contribution in [3.63, 3.8) is 0 Å². The molecule has 0 radical (unpaired) electrons. The van der Waals surface area contributed by atoms with Gasteiger partial charge in [-0.25, -0.2) is 15.0 Å². The summed E-state index contributed by atoms with van der Waals surface area (Å²) in [7, 11) is 0. The third-order valence-electron chi connectivity index (χ3n) is 10.5. The van der Waals surface area contributed by atoms with Crippen molar-refractivity contribution in [1.82, 2.24) is 15.0 Å². The molecule has 7 aromatic rings. The van der Waals surface area contributed by atoms with Crippen LogP contribution in [0.3, 0.4) is 0 Å². The van der Waals surface area contributed by atoms with Crippen LogP contribution in [-0.4, -0.2) is 15.0 Å². The number of furan rings is 2. The number of benzene rings is 4. The van der Waals surface area contributed by atoms with Crippen LogP contribution in [0.1, 0.15) is 67.7 Å². The fraction of sp³-hybridized carbons (Fsp3) is 0.152. The van der Waals surface area contributed by atoms with Crippen LogP contribution in [-0.2, 0) is 0 Å². The molecule has 10 rings (SSSR count). The number of rotatable bonds is 5. The minimum atomic E-state index is 0.379. The van der Waals surface area contributed by atoms with Gasteiger partial charge in [-0.05, 0) is 84.6 Å². The number of hydrogen-bond acceptors (Lipinski definition) is 5. The molecule has 0 saturated heterocycles. The minimum Gasteiger partial charge on any atom is -0.456 e. The molecule has 0 spiro atoms. The molecule has 5 nitrogen and oxygen atoms in total. The van der Waals surface area contributed by atoms with Gasteiger partial charge in [0.05, 0.1) is 0 Å². The van der Waals surface area contributed by atoms with Crippen LogP contribution < -0.4 is 0 Å². The largest absolute Gasteiger partial charge is 0.456 e. The molecule has 0 saturated carbocycles. The van der Waals surface area contributed by atoms with Gasteiger partial charge in [-0.3, -0.25) is 0 Å². The second-order valence-electron chi connectivity index (χ2n) is 13.7. The van der Waals surface area contributed by atoms with Gasteiger partial charge in [-0.2, -0.15) is 0 Å². The lowest BCUT2D eigenvalue weighted by Crippen LogP contribution is -2.05. The van der Waals surface area contributed by atoms with E-state index in [9.17, 15) is 0 Å². The van der Waals surface area contributed by atoms with E-state index in [2.05, 4.69) is 122 Å². The van der Waals surface area contributed by atoms with Gasteiger partial charge in [0.25, 0.3) is 0 Å². The maximum atomic E-state index is 6.70. The Balaban J connectivity index is 1.25. The highest BCUT2D eigenvalue weighted by Gasteiger charge is 2.26. The third kappa shape index (κ3) is 5.03. The van der Waals surface area contributed by atoms with Gasteiger partial charge in [0.15, 0.2) is 17.5 Å². The summed E-state index contributed by atoms with van der Waals surface area (Å²) in [5.74, 6) is 3.28. The second kappa shape index (κ2) is 12.1. The zero-order chi connectivity index (χ0) is 33.9. The van der Waals surface area contributed by atoms with Crippen LogP contribution in [0.2, 0.25) is 0 Å². The zero-order valence-electron chi connectivity index (χ0n) is 28.4. The van der Waals surface area contributed by atoms with E-state index in [1.165, 1.54) is 16.7 Å². The average molecular weight is 662 g/mol. The highest BCUT2D eigenvalue weighted by Crippen LogP contribution is 2.46. The molecule has 1 atom stereocenters. The highest BCUT2D eigenvalue weighted by atomic mass is 16.3. The molecule has 3 aromatic heterocycles. The fourth-order valence-corrected chi connectivity index (χ4v) is 7.96. The van der Waals surface area contributed by atoms with Crippen molar-refractivity contribution in [2.45, 2.75) is 44.9 Å². The molecule has 1 unspecified atom stereocenters. The quantitative estimate of drug-likeness (QED) is 0.184. The van der Waals surface area contributed by atoms with E-state index in [-0.39, 0.29) is 0 Å². The smallest absolute Gasteiger partial charge is 0.165 e. The van der Waals surface area contributed by atoms with E-state index in [1.807, 2.05) is 12.1 Å². The minimum absolute atomic E-state index is 0.379. The molecule has 0 N–H and O–H groups in total. The van der Waals surface area contributed by atoms with Gasteiger partial charge < -0.3 is 8.83 Å². The Morgan fingerprint density at radius 3 is 2.35 bits per heavy atom. The first-order valence-electron chi connectivity index (χ1n) is 18.0. The number of aromatic nitrogens is 3. The lowest BCUT2D eigenvalue weighted by Gasteiger charge is -2.15. The van der Waals surface area contributed by atoms with Crippen molar-refractivity contribution >= 4 is 50.1 Å². The van der Waals surface area contributed by atoms with Gasteiger partial charge in [-0.15, -0.1) is 0 Å². The number of para-hydroxylation sites is 2. The molecule has 51 heavy (non-hydrogen) atoms. The lowest BCUT2D eigenvalue weighted by atomic mass is 9.89. The SMILES string of the molecule is CC1CC=Cc2oc3c(-c4ccc5oc6ccccc6c5c4-c4nc(C5=CC=CCC5)nc(-c5ccc(C6=CCCC=C6)cc5)n4)cccc3c21. The first kappa shape index (κ1) is 29.8. The fourth-order valence-electron chi connectivity index (χ4n) is 7.96. The van der Waals surface area contributed by atoms with Crippen molar-refractivity contribution in [2.75, 3.05) is 0 Å². The van der Waals surface area contributed by atoms with Gasteiger partial charge >= 0.3 is 0 Å². The Labute approximate surface area is 296 Å². The molecule has 246 valence electrons. The predicted molar refractivity (Wildman–Crippen MR) is 208 cm³/mol. The molecule has 5 heteroatoms. The van der Waals surface area contributed by atoms with Crippen LogP contribution in [0.5, 0.6) is 0 Å². The Morgan fingerprint density at radius 2 is 1.49 bits per heavy atom. The number of hydrogen-bond donors (Lipinski definition) is 0. The first-order chi connectivity index (χ1) is 25.2. The molecule has 3 aliphatic carbocycles. The number of fused-ring (bicyclic) bond motifs is 6. The number of nitrogens with zero attached hydrogens (tertiary/aromatic N) is 3. The monoisotopic (exact) mass is 661 g/mol. The van der Waals surface area contributed by atoms with E-state index in [4.69, 9.17) is 23.8 Å². The second-order valence-corrected chi connectivity index (χ2v) is 13.7. The summed E-state index contributed by atoms with van der Waals surface area (Å²) in [5.41, 5.74) is 11.2. The van der Waals surface area contributed by atoms with Crippen LogP contribution in [0.4, 0.5) is 0 Å². The molecule has 0 aliphatic heterocycles. The Kier molecular flexibility index (Phi) is 7.05. The molecule has 0 fully saturated rings. The lowest BCUT2D eigenvalue weighted by molar-refractivity contribution is 0.587. The molecule has 4 aromatic carbocycles. The Bertz CT molecular complexity index is 2680. The van der Waals surface area contributed by atoms with Gasteiger partial charge in [0.1, 0.15) is 22.5 Å². The van der Waals surface area contributed by atoms with Crippen molar-refractivity contribution in [2.24, 2.45) is 0 Å². The molecular formula is C46H35N3O2. The van der Waals surface area contributed by atoms with Gasteiger partial charge in [0, 0.05) is 38.4 Å². The first-order valence-corrected chi connectivity index (χ1v) is 18.0. The third-order valence-corrected chi connectivity index (χ3v) is 10.5. The Hall–Kier alpha value is -6.07. The van der Waals surface area contributed by atoms with Crippen molar-refractivity contribution in [3.8, 4) is 33.9 Å². The summed E-state index contributed by atoms with van der Waals surface area (Å²) < 4.78 is 13.2. The normalized spacial score (nSPS) is 16.9. The zero-order valence-corrected chi connectivity index (χ0v) is 28.4. The van der Waals surface area contributed by atoms with E-state index >= 15 is 0 Å². The van der Waals surface area contributed by atoms with Crippen LogP contribution in [0.15, 0.2) is 130 Å². The topological polar surface area (TPSA) is 65.0 Å². The Morgan fingerprint density at radius 1 is 0.647 bits per heavy atom. The molecule has 0 amide bonds. The van der Waals surface area contributed by atoms with E-state index < -0.39 is 0 Å². The summed E-state index contributed by atoms with van der Waals surface area (Å²) in [6.45, 7) is 2.28. The predicted octanol–water partition coefficient (Wildman–Crippen LogP) is 12.5. The van der Waals surface area contributed by atoms with Crippen molar-refractivity contribution < 1.29 is 8.83 Å². The van der Waals surface area contributed by atoms with E-state index in [0.717, 1.165) is 98.6 Å². The van der Waals surface area contributed by atoms with Crippen LogP contribution >= 0.6 is 0 Å². The van der Waals surface area contributed by atoms with E-state index in [1.54, 1.807) is 0 Å². The van der Waals surface area contributed by atoms with Crippen LogP contribution in [0.25, 0.3) is 84.0 Å². The summed E-state index contributed by atoms with van der Waals surface area (Å²) in [6, 6.07) is 27.5. The van der Waals surface area contributed by atoms with Gasteiger partial charge in [-0.1, -0.05) is 110 Å². The maximum absolute atomic E-state index is 6.70. The van der Waals surface area contributed by atoms with Crippen molar-refractivity contribution in [1.29, 1.82) is 0 Å². The standard InChI is InChI=1S/C46H35N3O2/c1-28-12-10-21-38-40(28)36-19-11-18-34(43(36)51-38)33-26-27-39-41(35-17-8-9-20-37(35)50-39)42(33)46-48-44(31-15-6-3-7-16-31)47-45(49-46)32-24-22-30(23-25-32)29-13-4-2-5-14-29/h3-4,6,8-11,13-15,17-28H,2,5,7,12,16H2,1H3. The maximum Gasteiger partial charge on any atom is 0.165 e. The average Bonchev–Trinajstić information content (AvgIpc) is 3.78. The molecule has 3 heterocycles. The van der Waals surface area contributed by atoms with E-state index in [0.29, 0.717) is 23.4 Å². The highest BCUT2D eigenvalue weighted by molar-refractivity contribution is 6.16.